The molecule has 1 aromatic rings. The Hall–Kier alpha value is -1.13. The number of rotatable bonds is 8. The largest absolute Gasteiger partial charge is 0.385 e. The fourth-order valence-corrected chi connectivity index (χ4v) is 1.93. The molecule has 102 valence electrons. The molecule has 1 aromatic carbocycles. The zero-order valence-corrected chi connectivity index (χ0v) is 11.2. The molecule has 0 aliphatic heterocycles. The minimum atomic E-state index is -0.209. The van der Waals surface area contributed by atoms with E-state index < -0.39 is 0 Å². The fourth-order valence-electron chi connectivity index (χ4n) is 1.93. The average Bonchev–Trinajstić information content (AvgIpc) is 2.37. The van der Waals surface area contributed by atoms with E-state index in [4.69, 9.17) is 10.5 Å². The van der Waals surface area contributed by atoms with E-state index in [-0.39, 0.29) is 11.9 Å². The molecule has 2 N–H and O–H groups in total. The second-order valence-electron chi connectivity index (χ2n) is 4.41. The summed E-state index contributed by atoms with van der Waals surface area (Å²) in [7, 11) is 1.70. The highest BCUT2D eigenvalue weighted by molar-refractivity contribution is 5.46. The number of nitrogens with zero attached hydrogens (tertiary/aromatic N) is 1. The Balaban J connectivity index is 2.48. The van der Waals surface area contributed by atoms with Crippen molar-refractivity contribution < 1.29 is 9.13 Å². The van der Waals surface area contributed by atoms with Crippen molar-refractivity contribution in [1.82, 2.24) is 0 Å². The number of likely N-dealkylation sites (N-methyl/N-ethyl adjacent to an activating group) is 1. The summed E-state index contributed by atoms with van der Waals surface area (Å²) in [5.41, 5.74) is 7.10. The van der Waals surface area contributed by atoms with E-state index in [1.54, 1.807) is 19.2 Å². The Morgan fingerprint density at radius 3 is 2.56 bits per heavy atom. The number of halogens is 1. The van der Waals surface area contributed by atoms with Gasteiger partial charge in [-0.15, -0.1) is 0 Å². The first-order valence-electron chi connectivity index (χ1n) is 6.42. The van der Waals surface area contributed by atoms with Gasteiger partial charge in [-0.1, -0.05) is 0 Å². The quantitative estimate of drug-likeness (QED) is 0.724. The lowest BCUT2D eigenvalue weighted by Crippen LogP contribution is -2.37. The highest BCUT2D eigenvalue weighted by atomic mass is 19.1. The molecule has 0 aromatic heterocycles. The van der Waals surface area contributed by atoms with E-state index in [0.29, 0.717) is 0 Å². The molecule has 0 heterocycles. The first kappa shape index (κ1) is 14.9. The highest BCUT2D eigenvalue weighted by Crippen LogP contribution is 2.15. The molecule has 0 amide bonds. The third-order valence-electron chi connectivity index (χ3n) is 2.95. The van der Waals surface area contributed by atoms with Gasteiger partial charge in [0.15, 0.2) is 0 Å². The maximum absolute atomic E-state index is 12.9. The van der Waals surface area contributed by atoms with Gasteiger partial charge in [-0.2, -0.15) is 0 Å². The minimum Gasteiger partial charge on any atom is -0.385 e. The molecule has 0 aliphatic rings. The molecule has 1 atom stereocenters. The smallest absolute Gasteiger partial charge is 0.123 e. The van der Waals surface area contributed by atoms with Crippen LogP contribution in [-0.2, 0) is 4.74 Å². The number of methoxy groups -OCH3 is 1. The van der Waals surface area contributed by atoms with Crippen LogP contribution in [-0.4, -0.2) is 32.8 Å². The van der Waals surface area contributed by atoms with Crippen molar-refractivity contribution in [3.05, 3.63) is 30.1 Å². The lowest BCUT2D eigenvalue weighted by Gasteiger charge is -2.26. The van der Waals surface area contributed by atoms with Crippen molar-refractivity contribution in [2.45, 2.75) is 25.8 Å². The molecule has 0 spiro atoms. The third kappa shape index (κ3) is 5.02. The van der Waals surface area contributed by atoms with Crippen LogP contribution in [0, 0.1) is 5.82 Å². The van der Waals surface area contributed by atoms with Gasteiger partial charge >= 0.3 is 0 Å². The number of hydrogen-bond donors (Lipinski definition) is 1. The zero-order chi connectivity index (χ0) is 13.4. The van der Waals surface area contributed by atoms with Gasteiger partial charge in [-0.3, -0.25) is 0 Å². The van der Waals surface area contributed by atoms with Crippen LogP contribution < -0.4 is 10.6 Å². The molecule has 18 heavy (non-hydrogen) atoms. The molecular weight excluding hydrogens is 231 g/mol. The summed E-state index contributed by atoms with van der Waals surface area (Å²) in [6, 6.07) is 6.66. The monoisotopic (exact) mass is 254 g/mol. The van der Waals surface area contributed by atoms with Gasteiger partial charge < -0.3 is 15.4 Å². The Bertz CT molecular complexity index is 329. The SMILES string of the molecule is CCN(CC(N)CCCOC)c1ccc(F)cc1. The van der Waals surface area contributed by atoms with Crippen molar-refractivity contribution in [2.24, 2.45) is 5.73 Å². The summed E-state index contributed by atoms with van der Waals surface area (Å²) < 4.78 is 17.9. The van der Waals surface area contributed by atoms with Crippen LogP contribution in [0.2, 0.25) is 0 Å². The average molecular weight is 254 g/mol. The molecular formula is C14H23FN2O. The standard InChI is InChI=1S/C14H23FN2O/c1-3-17(11-13(16)5-4-10-18-2)14-8-6-12(15)7-9-14/h6-9,13H,3-5,10-11,16H2,1-2H3. The van der Waals surface area contributed by atoms with Crippen LogP contribution >= 0.6 is 0 Å². The molecule has 1 rings (SSSR count). The lowest BCUT2D eigenvalue weighted by molar-refractivity contribution is 0.190. The molecule has 0 fully saturated rings. The predicted molar refractivity (Wildman–Crippen MR) is 73.4 cm³/mol. The van der Waals surface area contributed by atoms with Gasteiger partial charge in [0.2, 0.25) is 0 Å². The zero-order valence-electron chi connectivity index (χ0n) is 11.2. The Morgan fingerprint density at radius 2 is 2.00 bits per heavy atom. The number of ether oxygens (including phenoxy) is 1. The van der Waals surface area contributed by atoms with Gasteiger partial charge in [0.25, 0.3) is 0 Å². The first-order chi connectivity index (χ1) is 8.67. The second kappa shape index (κ2) is 8.06. The molecule has 0 saturated carbocycles. The topological polar surface area (TPSA) is 38.5 Å². The fraction of sp³-hybridized carbons (Fsp3) is 0.571. The highest BCUT2D eigenvalue weighted by Gasteiger charge is 2.09. The van der Waals surface area contributed by atoms with Gasteiger partial charge in [0.1, 0.15) is 5.82 Å². The second-order valence-corrected chi connectivity index (χ2v) is 4.41. The summed E-state index contributed by atoms with van der Waals surface area (Å²) in [6.07, 6.45) is 1.91. The third-order valence-corrected chi connectivity index (χ3v) is 2.95. The number of nitrogens with two attached hydrogens (primary N) is 1. The van der Waals surface area contributed by atoms with Gasteiger partial charge in [0.05, 0.1) is 0 Å². The van der Waals surface area contributed by atoms with Crippen molar-refractivity contribution in [3.8, 4) is 0 Å². The maximum Gasteiger partial charge on any atom is 0.123 e. The molecule has 0 bridgehead atoms. The minimum absolute atomic E-state index is 0.116. The summed E-state index contributed by atoms with van der Waals surface area (Å²) in [5, 5.41) is 0. The van der Waals surface area contributed by atoms with Crippen LogP contribution in [0.5, 0.6) is 0 Å². The molecule has 1 unspecified atom stereocenters. The van der Waals surface area contributed by atoms with E-state index in [1.165, 1.54) is 12.1 Å². The Kier molecular flexibility index (Phi) is 6.68. The number of anilines is 1. The van der Waals surface area contributed by atoms with Crippen LogP contribution in [0.15, 0.2) is 24.3 Å². The van der Waals surface area contributed by atoms with Gasteiger partial charge in [-0.25, -0.2) is 4.39 Å². The van der Waals surface area contributed by atoms with Gasteiger partial charge in [0, 0.05) is 38.5 Å². The predicted octanol–water partition coefficient (Wildman–Crippen LogP) is 2.41. The molecule has 4 heteroatoms. The van der Waals surface area contributed by atoms with Crippen LogP contribution in [0.3, 0.4) is 0 Å². The van der Waals surface area contributed by atoms with E-state index in [2.05, 4.69) is 11.8 Å². The van der Waals surface area contributed by atoms with E-state index in [0.717, 1.165) is 38.2 Å². The Morgan fingerprint density at radius 1 is 1.33 bits per heavy atom. The summed E-state index contributed by atoms with van der Waals surface area (Å²) in [6.45, 7) is 4.47. The van der Waals surface area contributed by atoms with E-state index >= 15 is 0 Å². The van der Waals surface area contributed by atoms with E-state index in [1.807, 2.05) is 0 Å². The Labute approximate surface area is 109 Å². The van der Waals surface area contributed by atoms with Crippen LogP contribution in [0.4, 0.5) is 10.1 Å². The number of benzene rings is 1. The molecule has 0 radical (unpaired) electrons. The van der Waals surface area contributed by atoms with Crippen molar-refractivity contribution in [1.29, 1.82) is 0 Å². The van der Waals surface area contributed by atoms with Crippen LogP contribution in [0.1, 0.15) is 19.8 Å². The maximum atomic E-state index is 12.9. The van der Waals surface area contributed by atoms with Crippen molar-refractivity contribution in [3.63, 3.8) is 0 Å². The normalized spacial score (nSPS) is 12.4. The molecule has 0 aliphatic carbocycles. The van der Waals surface area contributed by atoms with Crippen molar-refractivity contribution >= 4 is 5.69 Å². The van der Waals surface area contributed by atoms with Crippen LogP contribution in [0.25, 0.3) is 0 Å². The molecule has 0 saturated heterocycles. The summed E-state index contributed by atoms with van der Waals surface area (Å²) in [5.74, 6) is -0.209. The summed E-state index contributed by atoms with van der Waals surface area (Å²) >= 11 is 0. The first-order valence-corrected chi connectivity index (χ1v) is 6.42. The molecule has 3 nitrogen and oxygen atoms in total. The lowest BCUT2D eigenvalue weighted by atomic mass is 10.1. The summed E-state index contributed by atoms with van der Waals surface area (Å²) in [4.78, 5) is 2.16. The van der Waals surface area contributed by atoms with E-state index in [9.17, 15) is 4.39 Å². The van der Waals surface area contributed by atoms with Crippen molar-refractivity contribution in [2.75, 3.05) is 31.7 Å². The van der Waals surface area contributed by atoms with Gasteiger partial charge in [-0.05, 0) is 44.0 Å². The number of hydrogen-bond acceptors (Lipinski definition) is 3.